The van der Waals surface area contributed by atoms with Crippen LogP contribution in [0.25, 0.3) is 0 Å². The quantitative estimate of drug-likeness (QED) is 0.443. The summed E-state index contributed by atoms with van der Waals surface area (Å²) in [5.41, 5.74) is 4.68. The Hall–Kier alpha value is -0.610. The second-order valence-corrected chi connectivity index (χ2v) is 2.00. The third-order valence-electron chi connectivity index (χ3n) is 0.893. The Morgan fingerprint density at radius 3 is 2.22 bits per heavy atom. The first-order chi connectivity index (χ1) is 4.04. The van der Waals surface area contributed by atoms with Crippen LogP contribution in [0, 0.1) is 0 Å². The summed E-state index contributed by atoms with van der Waals surface area (Å²) in [6, 6.07) is 0. The number of aliphatic hydroxyl groups excluding tert-OH is 2. The fraction of sp³-hybridized carbons (Fsp3) is 0.800. The summed E-state index contributed by atoms with van der Waals surface area (Å²) >= 11 is 0. The smallest absolute Gasteiger partial charge is 0.246 e. The highest BCUT2D eigenvalue weighted by Gasteiger charge is 2.12. The van der Waals surface area contributed by atoms with Gasteiger partial charge in [0.05, 0.1) is 6.10 Å². The van der Waals surface area contributed by atoms with Crippen molar-refractivity contribution in [2.24, 2.45) is 5.73 Å². The maximum atomic E-state index is 10.1. The summed E-state index contributed by atoms with van der Waals surface area (Å²) in [5.74, 6) is -0.795. The van der Waals surface area contributed by atoms with Gasteiger partial charge in [0.25, 0.3) is 0 Å². The lowest BCUT2D eigenvalue weighted by Gasteiger charge is -2.06. The summed E-state index contributed by atoms with van der Waals surface area (Å²) in [5, 5.41) is 17.3. The fourth-order valence-corrected chi connectivity index (χ4v) is 0.439. The molecule has 0 rings (SSSR count). The molecule has 0 aliphatic rings. The monoisotopic (exact) mass is 133 g/mol. The molecule has 4 N–H and O–H groups in total. The molecule has 4 nitrogen and oxygen atoms in total. The van der Waals surface area contributed by atoms with E-state index in [0.717, 1.165) is 0 Å². The zero-order valence-corrected chi connectivity index (χ0v) is 5.24. The van der Waals surface area contributed by atoms with Crippen LogP contribution in [-0.4, -0.2) is 28.3 Å². The van der Waals surface area contributed by atoms with Crippen molar-refractivity contribution in [2.45, 2.75) is 25.6 Å². The molecule has 0 radical (unpaired) electrons. The van der Waals surface area contributed by atoms with Crippen molar-refractivity contribution in [3.63, 3.8) is 0 Å². The average molecular weight is 133 g/mol. The van der Waals surface area contributed by atoms with Crippen molar-refractivity contribution in [3.05, 3.63) is 0 Å². The van der Waals surface area contributed by atoms with Crippen molar-refractivity contribution in [3.8, 4) is 0 Å². The molecule has 2 atom stereocenters. The molecule has 0 bridgehead atoms. The molecule has 9 heavy (non-hydrogen) atoms. The van der Waals surface area contributed by atoms with E-state index in [9.17, 15) is 4.79 Å². The molecule has 54 valence electrons. The Labute approximate surface area is 53.3 Å². The van der Waals surface area contributed by atoms with Gasteiger partial charge in [-0.05, 0) is 6.92 Å². The predicted molar refractivity (Wildman–Crippen MR) is 31.5 cm³/mol. The van der Waals surface area contributed by atoms with Gasteiger partial charge in [-0.25, -0.2) is 0 Å². The highest BCUT2D eigenvalue weighted by Crippen LogP contribution is 1.94. The first-order valence-electron chi connectivity index (χ1n) is 2.69. The number of nitrogens with two attached hydrogens (primary N) is 1. The van der Waals surface area contributed by atoms with Crippen molar-refractivity contribution in [2.75, 3.05) is 0 Å². The third kappa shape index (κ3) is 3.93. The van der Waals surface area contributed by atoms with E-state index >= 15 is 0 Å². The van der Waals surface area contributed by atoms with E-state index in [1.165, 1.54) is 6.92 Å². The molecule has 2 unspecified atom stereocenters. The summed E-state index contributed by atoms with van der Waals surface area (Å²) in [4.78, 5) is 10.1. The fourth-order valence-electron chi connectivity index (χ4n) is 0.439. The van der Waals surface area contributed by atoms with Gasteiger partial charge in [-0.15, -0.1) is 0 Å². The first kappa shape index (κ1) is 8.39. The van der Waals surface area contributed by atoms with Crippen LogP contribution < -0.4 is 5.73 Å². The van der Waals surface area contributed by atoms with Gasteiger partial charge in [-0.1, -0.05) is 0 Å². The van der Waals surface area contributed by atoms with Gasteiger partial charge in [0.1, 0.15) is 6.10 Å². The second-order valence-electron chi connectivity index (χ2n) is 2.00. The lowest BCUT2D eigenvalue weighted by atomic mass is 10.2. The standard InChI is InChI=1S/C5H11NO3/c1-3(7)2-4(8)5(6)9/h3-4,7-8H,2H2,1H3,(H2,6,9). The lowest BCUT2D eigenvalue weighted by Crippen LogP contribution is -2.30. The number of aliphatic hydroxyl groups is 2. The molecule has 1 amide bonds. The zero-order chi connectivity index (χ0) is 7.44. The number of carbonyl (C=O) groups is 1. The Morgan fingerprint density at radius 1 is 1.67 bits per heavy atom. The molecular formula is C5H11NO3. The minimum atomic E-state index is -1.22. The Bertz CT molecular complexity index is 102. The van der Waals surface area contributed by atoms with E-state index in [4.69, 9.17) is 10.2 Å². The molecule has 0 aliphatic heterocycles. The van der Waals surface area contributed by atoms with Gasteiger partial charge in [-0.3, -0.25) is 4.79 Å². The van der Waals surface area contributed by atoms with E-state index in [1.807, 2.05) is 0 Å². The number of rotatable bonds is 3. The van der Waals surface area contributed by atoms with Crippen LogP contribution in [-0.2, 0) is 4.79 Å². The van der Waals surface area contributed by atoms with Crippen molar-refractivity contribution < 1.29 is 15.0 Å². The normalized spacial score (nSPS) is 16.8. The van der Waals surface area contributed by atoms with Gasteiger partial charge >= 0.3 is 0 Å². The molecular weight excluding hydrogens is 122 g/mol. The summed E-state index contributed by atoms with van der Waals surface area (Å²) in [7, 11) is 0. The maximum absolute atomic E-state index is 10.1. The molecule has 0 saturated heterocycles. The van der Waals surface area contributed by atoms with Crippen LogP contribution in [0.4, 0.5) is 0 Å². The van der Waals surface area contributed by atoms with Crippen molar-refractivity contribution in [1.82, 2.24) is 0 Å². The number of hydrogen-bond acceptors (Lipinski definition) is 3. The second kappa shape index (κ2) is 3.42. The van der Waals surface area contributed by atoms with Gasteiger partial charge in [0.2, 0.25) is 5.91 Å². The van der Waals surface area contributed by atoms with Crippen LogP contribution in [0.2, 0.25) is 0 Å². The number of primary amides is 1. The Kier molecular flexibility index (Phi) is 3.19. The number of amides is 1. The molecule has 4 heteroatoms. The molecule has 0 aromatic carbocycles. The van der Waals surface area contributed by atoms with E-state index in [1.54, 1.807) is 0 Å². The first-order valence-corrected chi connectivity index (χ1v) is 2.69. The van der Waals surface area contributed by atoms with E-state index in [2.05, 4.69) is 5.73 Å². The van der Waals surface area contributed by atoms with Crippen LogP contribution >= 0.6 is 0 Å². The molecule has 0 aromatic heterocycles. The van der Waals surface area contributed by atoms with Crippen molar-refractivity contribution >= 4 is 5.91 Å². The zero-order valence-electron chi connectivity index (χ0n) is 5.24. The third-order valence-corrected chi connectivity index (χ3v) is 0.893. The van der Waals surface area contributed by atoms with Gasteiger partial charge in [0, 0.05) is 6.42 Å². The number of carbonyl (C=O) groups excluding carboxylic acids is 1. The van der Waals surface area contributed by atoms with Gasteiger partial charge in [0.15, 0.2) is 0 Å². The van der Waals surface area contributed by atoms with E-state index in [0.29, 0.717) is 0 Å². The highest BCUT2D eigenvalue weighted by molar-refractivity contribution is 5.78. The minimum absolute atomic E-state index is 0.00926. The van der Waals surface area contributed by atoms with E-state index in [-0.39, 0.29) is 6.42 Å². The summed E-state index contributed by atoms with van der Waals surface area (Å²) < 4.78 is 0. The Balaban J connectivity index is 3.50. The van der Waals surface area contributed by atoms with Crippen LogP contribution in [0.3, 0.4) is 0 Å². The Morgan fingerprint density at radius 2 is 2.11 bits per heavy atom. The highest BCUT2D eigenvalue weighted by atomic mass is 16.3. The largest absolute Gasteiger partial charge is 0.393 e. The van der Waals surface area contributed by atoms with Crippen LogP contribution in [0.15, 0.2) is 0 Å². The SMILES string of the molecule is CC(O)CC(O)C(N)=O. The van der Waals surface area contributed by atoms with Gasteiger partial charge in [-0.2, -0.15) is 0 Å². The molecule has 0 heterocycles. The minimum Gasteiger partial charge on any atom is -0.393 e. The molecule has 0 saturated carbocycles. The summed E-state index contributed by atoms with van der Waals surface area (Å²) in [6.45, 7) is 1.48. The topological polar surface area (TPSA) is 83.6 Å². The van der Waals surface area contributed by atoms with Crippen molar-refractivity contribution in [1.29, 1.82) is 0 Å². The van der Waals surface area contributed by atoms with E-state index < -0.39 is 18.1 Å². The maximum Gasteiger partial charge on any atom is 0.246 e. The molecule has 0 aromatic rings. The average Bonchev–Trinajstić information content (AvgIpc) is 1.63. The molecule has 0 aliphatic carbocycles. The van der Waals surface area contributed by atoms with Crippen LogP contribution in [0.1, 0.15) is 13.3 Å². The van der Waals surface area contributed by atoms with Crippen LogP contribution in [0.5, 0.6) is 0 Å². The summed E-state index contributed by atoms with van der Waals surface area (Å²) in [6.07, 6.45) is -1.90. The lowest BCUT2D eigenvalue weighted by molar-refractivity contribution is -0.127. The predicted octanol–water partition coefficient (Wildman–Crippen LogP) is -1.40. The molecule has 0 fully saturated rings. The molecule has 0 spiro atoms. The number of hydrogen-bond donors (Lipinski definition) is 3. The van der Waals surface area contributed by atoms with Gasteiger partial charge < -0.3 is 15.9 Å².